The van der Waals surface area contributed by atoms with Gasteiger partial charge in [-0.1, -0.05) is 36.4 Å². The minimum Gasteiger partial charge on any atom is -0.392 e. The molecule has 1 aromatic heterocycles. The van der Waals surface area contributed by atoms with Gasteiger partial charge >= 0.3 is 0 Å². The minimum absolute atomic E-state index is 0.0722. The van der Waals surface area contributed by atoms with Crippen molar-refractivity contribution >= 4 is 28.2 Å². The van der Waals surface area contributed by atoms with Crippen molar-refractivity contribution < 1.29 is 10.2 Å². The average Bonchev–Trinajstić information content (AvgIpc) is 3.31. The molecule has 3 N–H and O–H groups in total. The van der Waals surface area contributed by atoms with Crippen molar-refractivity contribution in [2.24, 2.45) is 0 Å². The fraction of sp³-hybridized carbons (Fsp3) is 0.333. The van der Waals surface area contributed by atoms with Crippen LogP contribution in [0.5, 0.6) is 0 Å². The summed E-state index contributed by atoms with van der Waals surface area (Å²) in [6.45, 7) is 3.03. The van der Waals surface area contributed by atoms with Crippen LogP contribution in [0.2, 0.25) is 0 Å². The van der Waals surface area contributed by atoms with Gasteiger partial charge in [-0.3, -0.25) is 4.90 Å². The molecule has 5 rings (SSSR count). The van der Waals surface area contributed by atoms with Crippen LogP contribution in [-0.4, -0.2) is 45.5 Å². The highest BCUT2D eigenvalue weighted by atomic mass is 32.2. The fourth-order valence-corrected chi connectivity index (χ4v) is 5.73. The van der Waals surface area contributed by atoms with E-state index in [1.807, 2.05) is 30.0 Å². The zero-order valence-electron chi connectivity index (χ0n) is 16.4. The maximum Gasteiger partial charge on any atom is 0.102 e. The van der Waals surface area contributed by atoms with E-state index in [4.69, 9.17) is 0 Å². The number of aromatic amines is 1. The second-order valence-corrected chi connectivity index (χ2v) is 8.99. The Morgan fingerprint density at radius 3 is 2.90 bits per heavy atom. The molecular formula is C24H26N2O2S. The summed E-state index contributed by atoms with van der Waals surface area (Å²) in [5, 5.41) is 21.5. The molecule has 1 aliphatic carbocycles. The molecule has 29 heavy (non-hydrogen) atoms. The minimum atomic E-state index is -0.431. The van der Waals surface area contributed by atoms with Gasteiger partial charge in [0.25, 0.3) is 0 Å². The van der Waals surface area contributed by atoms with Gasteiger partial charge in [-0.05, 0) is 45.9 Å². The van der Waals surface area contributed by atoms with E-state index in [2.05, 4.69) is 40.3 Å². The number of H-pyrrole nitrogens is 1. The summed E-state index contributed by atoms with van der Waals surface area (Å²) in [4.78, 5) is 5.79. The highest BCUT2D eigenvalue weighted by Gasteiger charge is 2.32. The van der Waals surface area contributed by atoms with Crippen LogP contribution in [0, 0.1) is 0 Å². The lowest BCUT2D eigenvalue weighted by Gasteiger charge is -2.29. The Morgan fingerprint density at radius 1 is 1.10 bits per heavy atom. The number of aromatic nitrogens is 1. The number of nitrogens with one attached hydrogen (secondary N) is 1. The quantitative estimate of drug-likeness (QED) is 0.540. The monoisotopic (exact) mass is 406 g/mol. The fourth-order valence-electron chi connectivity index (χ4n) is 4.75. The Bertz CT molecular complexity index is 1070. The summed E-state index contributed by atoms with van der Waals surface area (Å²) in [5.41, 5.74) is 8.25. The number of thioether (sulfide) groups is 1. The largest absolute Gasteiger partial charge is 0.392 e. The summed E-state index contributed by atoms with van der Waals surface area (Å²) in [6.07, 6.45) is 2.66. The first-order valence-electron chi connectivity index (χ1n) is 10.2. The van der Waals surface area contributed by atoms with E-state index in [-0.39, 0.29) is 6.61 Å². The van der Waals surface area contributed by atoms with Crippen LogP contribution in [0.4, 0.5) is 0 Å². The Hall–Kier alpha value is -2.05. The number of fused-ring (bicyclic) bond motifs is 3. The van der Waals surface area contributed by atoms with Crippen molar-refractivity contribution in [2.75, 3.05) is 25.4 Å². The Kier molecular flexibility index (Phi) is 5.22. The Balaban J connectivity index is 1.18. The van der Waals surface area contributed by atoms with E-state index in [0.717, 1.165) is 54.2 Å². The van der Waals surface area contributed by atoms with Gasteiger partial charge in [-0.2, -0.15) is 11.8 Å². The molecule has 2 aromatic carbocycles. The SMILES string of the molecule is OCc1cccc2[nH]cc(CSCCN3CCC4=C(C3)C(O)c3ccccc34)c12. The second kappa shape index (κ2) is 8.00. The molecule has 150 valence electrons. The molecule has 5 heteroatoms. The molecule has 1 aliphatic heterocycles. The molecular weight excluding hydrogens is 380 g/mol. The van der Waals surface area contributed by atoms with Crippen molar-refractivity contribution in [3.05, 3.63) is 76.5 Å². The topological polar surface area (TPSA) is 59.5 Å². The van der Waals surface area contributed by atoms with Gasteiger partial charge in [-0.15, -0.1) is 0 Å². The van der Waals surface area contributed by atoms with Gasteiger partial charge < -0.3 is 15.2 Å². The van der Waals surface area contributed by atoms with Gasteiger partial charge in [0, 0.05) is 48.2 Å². The van der Waals surface area contributed by atoms with E-state index in [1.54, 1.807) is 0 Å². The predicted octanol–water partition coefficient (Wildman–Crippen LogP) is 4.10. The highest BCUT2D eigenvalue weighted by molar-refractivity contribution is 7.98. The van der Waals surface area contributed by atoms with Gasteiger partial charge in [-0.25, -0.2) is 0 Å². The molecule has 0 saturated carbocycles. The van der Waals surface area contributed by atoms with E-state index >= 15 is 0 Å². The molecule has 1 atom stereocenters. The number of hydrogen-bond donors (Lipinski definition) is 3. The van der Waals surface area contributed by atoms with Crippen LogP contribution in [0.15, 0.2) is 54.2 Å². The molecule has 2 aliphatic rings. The number of rotatable bonds is 6. The summed E-state index contributed by atoms with van der Waals surface area (Å²) >= 11 is 1.93. The molecule has 0 spiro atoms. The third kappa shape index (κ3) is 3.42. The molecule has 0 bridgehead atoms. The first kappa shape index (κ1) is 18.9. The van der Waals surface area contributed by atoms with Gasteiger partial charge in [0.1, 0.15) is 6.10 Å². The van der Waals surface area contributed by atoms with Crippen molar-refractivity contribution in [1.82, 2.24) is 9.88 Å². The van der Waals surface area contributed by atoms with Crippen molar-refractivity contribution in [3.63, 3.8) is 0 Å². The summed E-state index contributed by atoms with van der Waals surface area (Å²) < 4.78 is 0. The standard InChI is InChI=1S/C24H26N2O2S/c27-14-16-4-3-7-22-23(16)17(12-25-22)15-29-11-10-26-9-8-19-18-5-1-2-6-20(18)24(28)21(19)13-26/h1-7,12,24-25,27-28H,8-11,13-15H2. The predicted molar refractivity (Wildman–Crippen MR) is 120 cm³/mol. The van der Waals surface area contributed by atoms with Gasteiger partial charge in [0.2, 0.25) is 0 Å². The van der Waals surface area contributed by atoms with Crippen molar-refractivity contribution in [3.8, 4) is 0 Å². The number of benzene rings is 2. The highest BCUT2D eigenvalue weighted by Crippen LogP contribution is 2.44. The summed E-state index contributed by atoms with van der Waals surface area (Å²) in [7, 11) is 0. The van der Waals surface area contributed by atoms with Crippen LogP contribution in [-0.2, 0) is 12.4 Å². The number of aliphatic hydroxyl groups is 2. The summed E-state index contributed by atoms with van der Waals surface area (Å²) in [5.74, 6) is 1.99. The molecule has 3 aromatic rings. The molecule has 0 fully saturated rings. The molecule has 1 unspecified atom stereocenters. The Labute approximate surface area is 175 Å². The average molecular weight is 407 g/mol. The zero-order valence-corrected chi connectivity index (χ0v) is 17.2. The number of hydrogen-bond acceptors (Lipinski definition) is 4. The third-order valence-electron chi connectivity index (χ3n) is 6.22. The van der Waals surface area contributed by atoms with Crippen LogP contribution in [0.3, 0.4) is 0 Å². The van der Waals surface area contributed by atoms with E-state index in [0.29, 0.717) is 0 Å². The number of aliphatic hydroxyl groups excluding tert-OH is 2. The smallest absolute Gasteiger partial charge is 0.102 e. The lowest BCUT2D eigenvalue weighted by Crippen LogP contribution is -2.33. The first-order valence-corrected chi connectivity index (χ1v) is 11.4. The van der Waals surface area contributed by atoms with Crippen molar-refractivity contribution in [1.29, 1.82) is 0 Å². The summed E-state index contributed by atoms with van der Waals surface area (Å²) in [6, 6.07) is 14.3. The Morgan fingerprint density at radius 2 is 2.00 bits per heavy atom. The molecule has 0 amide bonds. The van der Waals surface area contributed by atoms with E-state index < -0.39 is 6.10 Å². The first-order chi connectivity index (χ1) is 14.3. The molecule has 0 radical (unpaired) electrons. The van der Waals surface area contributed by atoms with Crippen LogP contribution >= 0.6 is 11.8 Å². The molecule has 4 nitrogen and oxygen atoms in total. The van der Waals surface area contributed by atoms with Gasteiger partial charge in [0.15, 0.2) is 0 Å². The zero-order chi connectivity index (χ0) is 19.8. The lowest BCUT2D eigenvalue weighted by atomic mass is 9.99. The van der Waals surface area contributed by atoms with Gasteiger partial charge in [0.05, 0.1) is 6.61 Å². The van der Waals surface area contributed by atoms with Crippen LogP contribution < -0.4 is 0 Å². The van der Waals surface area contributed by atoms with Crippen LogP contribution in [0.1, 0.15) is 34.8 Å². The van der Waals surface area contributed by atoms with E-state index in [1.165, 1.54) is 27.7 Å². The second-order valence-electron chi connectivity index (χ2n) is 7.88. The molecule has 0 saturated heterocycles. The van der Waals surface area contributed by atoms with E-state index in [9.17, 15) is 10.2 Å². The molecule has 2 heterocycles. The van der Waals surface area contributed by atoms with Crippen LogP contribution in [0.25, 0.3) is 16.5 Å². The maximum atomic E-state index is 10.7. The number of nitrogens with zero attached hydrogens (tertiary/aromatic N) is 1. The lowest BCUT2D eigenvalue weighted by molar-refractivity contribution is 0.197. The van der Waals surface area contributed by atoms with Crippen molar-refractivity contribution in [2.45, 2.75) is 24.9 Å². The third-order valence-corrected chi connectivity index (χ3v) is 7.21. The maximum absolute atomic E-state index is 10.7. The normalized spacial score (nSPS) is 19.0.